The first kappa shape index (κ1) is 16.2. The second-order valence-electron chi connectivity index (χ2n) is 6.28. The molecule has 2 aromatic rings. The average Bonchev–Trinajstić information content (AvgIpc) is 2.57. The number of benzene rings is 1. The molecule has 0 amide bonds. The number of piperazine rings is 1. The molecule has 0 saturated carbocycles. The standard InChI is InChI=1S/C18H22N4O2/c1-13-5-4-6-17(15(13)3)20-7-9-21(10-8-20)18-14(2)11-16(12-19-18)22(23)24/h4-6,11-12H,7-10H2,1-3H3. The van der Waals surface area contributed by atoms with E-state index in [-0.39, 0.29) is 5.69 Å². The highest BCUT2D eigenvalue weighted by molar-refractivity contribution is 5.58. The Bertz CT molecular complexity index is 768. The van der Waals surface area contributed by atoms with E-state index in [4.69, 9.17) is 0 Å². The minimum Gasteiger partial charge on any atom is -0.368 e. The zero-order valence-electron chi connectivity index (χ0n) is 14.3. The van der Waals surface area contributed by atoms with Crippen LogP contribution in [-0.4, -0.2) is 36.1 Å². The first-order valence-corrected chi connectivity index (χ1v) is 8.14. The fourth-order valence-electron chi connectivity index (χ4n) is 3.22. The molecule has 2 heterocycles. The van der Waals surface area contributed by atoms with Crippen molar-refractivity contribution in [3.05, 3.63) is 57.3 Å². The fraction of sp³-hybridized carbons (Fsp3) is 0.389. The summed E-state index contributed by atoms with van der Waals surface area (Å²) in [6, 6.07) is 8.01. The molecule has 0 unspecified atom stereocenters. The lowest BCUT2D eigenvalue weighted by Gasteiger charge is -2.38. The molecule has 3 rings (SSSR count). The van der Waals surface area contributed by atoms with Crippen LogP contribution in [0.15, 0.2) is 30.5 Å². The Kier molecular flexibility index (Phi) is 4.38. The van der Waals surface area contributed by atoms with Crippen LogP contribution in [0.1, 0.15) is 16.7 Å². The molecule has 126 valence electrons. The summed E-state index contributed by atoms with van der Waals surface area (Å²) in [6.07, 6.45) is 1.35. The first-order chi connectivity index (χ1) is 11.5. The second kappa shape index (κ2) is 6.47. The Morgan fingerprint density at radius 2 is 1.71 bits per heavy atom. The lowest BCUT2D eigenvalue weighted by atomic mass is 10.1. The summed E-state index contributed by atoms with van der Waals surface area (Å²) in [6.45, 7) is 9.74. The summed E-state index contributed by atoms with van der Waals surface area (Å²) in [4.78, 5) is 19.4. The number of hydrogen-bond acceptors (Lipinski definition) is 5. The van der Waals surface area contributed by atoms with Gasteiger partial charge >= 0.3 is 0 Å². The van der Waals surface area contributed by atoms with E-state index in [0.717, 1.165) is 37.6 Å². The molecule has 1 aliphatic heterocycles. The number of aryl methyl sites for hydroxylation is 2. The number of nitro groups is 1. The van der Waals surface area contributed by atoms with Crippen molar-refractivity contribution in [2.45, 2.75) is 20.8 Å². The third-order valence-electron chi connectivity index (χ3n) is 4.74. The predicted molar refractivity (Wildman–Crippen MR) is 96.0 cm³/mol. The molecule has 1 saturated heterocycles. The molecule has 0 aliphatic carbocycles. The molecule has 0 N–H and O–H groups in total. The predicted octanol–water partition coefficient (Wildman–Crippen LogP) is 3.24. The van der Waals surface area contributed by atoms with Crippen molar-refractivity contribution in [2.24, 2.45) is 0 Å². The van der Waals surface area contributed by atoms with E-state index in [1.807, 2.05) is 6.92 Å². The van der Waals surface area contributed by atoms with E-state index in [0.29, 0.717) is 0 Å². The minimum atomic E-state index is -0.401. The highest BCUT2D eigenvalue weighted by Gasteiger charge is 2.22. The molecule has 6 nitrogen and oxygen atoms in total. The van der Waals surface area contributed by atoms with E-state index < -0.39 is 4.92 Å². The molecule has 6 heteroatoms. The molecule has 0 spiro atoms. The van der Waals surface area contributed by atoms with E-state index in [2.05, 4.69) is 46.8 Å². The highest BCUT2D eigenvalue weighted by Crippen LogP contribution is 2.26. The van der Waals surface area contributed by atoms with Crippen LogP contribution < -0.4 is 9.80 Å². The Balaban J connectivity index is 1.73. The van der Waals surface area contributed by atoms with Gasteiger partial charge in [-0.3, -0.25) is 10.1 Å². The summed E-state index contributed by atoms with van der Waals surface area (Å²) < 4.78 is 0. The average molecular weight is 326 g/mol. The zero-order chi connectivity index (χ0) is 17.3. The van der Waals surface area contributed by atoms with Crippen molar-refractivity contribution in [2.75, 3.05) is 36.0 Å². The van der Waals surface area contributed by atoms with Crippen LogP contribution in [0.2, 0.25) is 0 Å². The van der Waals surface area contributed by atoms with Gasteiger partial charge in [0, 0.05) is 37.9 Å². The van der Waals surface area contributed by atoms with Crippen molar-refractivity contribution >= 4 is 17.2 Å². The van der Waals surface area contributed by atoms with Crippen LogP contribution in [0, 0.1) is 30.9 Å². The van der Waals surface area contributed by atoms with E-state index >= 15 is 0 Å². The number of aromatic nitrogens is 1. The van der Waals surface area contributed by atoms with Gasteiger partial charge in [-0.1, -0.05) is 12.1 Å². The van der Waals surface area contributed by atoms with Gasteiger partial charge in [-0.15, -0.1) is 0 Å². The fourth-order valence-corrected chi connectivity index (χ4v) is 3.22. The number of pyridine rings is 1. The number of nitrogens with zero attached hydrogens (tertiary/aromatic N) is 4. The van der Waals surface area contributed by atoms with E-state index in [1.54, 1.807) is 6.07 Å². The van der Waals surface area contributed by atoms with Crippen molar-refractivity contribution in [1.82, 2.24) is 4.98 Å². The normalized spacial score (nSPS) is 14.8. The van der Waals surface area contributed by atoms with Crippen LogP contribution in [0.25, 0.3) is 0 Å². The Hall–Kier alpha value is -2.63. The van der Waals surface area contributed by atoms with Crippen LogP contribution in [0.3, 0.4) is 0 Å². The second-order valence-corrected chi connectivity index (χ2v) is 6.28. The molecule has 1 aromatic heterocycles. The Morgan fingerprint density at radius 3 is 2.33 bits per heavy atom. The summed E-state index contributed by atoms with van der Waals surface area (Å²) in [5.74, 6) is 0.848. The van der Waals surface area contributed by atoms with Gasteiger partial charge in [0.25, 0.3) is 5.69 Å². The topological polar surface area (TPSA) is 62.5 Å². The van der Waals surface area contributed by atoms with Gasteiger partial charge in [0.15, 0.2) is 0 Å². The number of hydrogen-bond donors (Lipinski definition) is 0. The van der Waals surface area contributed by atoms with Gasteiger partial charge in [0.05, 0.1) is 4.92 Å². The molecule has 24 heavy (non-hydrogen) atoms. The lowest BCUT2D eigenvalue weighted by Crippen LogP contribution is -2.47. The first-order valence-electron chi connectivity index (χ1n) is 8.14. The summed E-state index contributed by atoms with van der Waals surface area (Å²) in [5.41, 5.74) is 4.83. The summed E-state index contributed by atoms with van der Waals surface area (Å²) in [7, 11) is 0. The van der Waals surface area contributed by atoms with Gasteiger partial charge in [-0.2, -0.15) is 0 Å². The molecule has 1 aromatic carbocycles. The third kappa shape index (κ3) is 3.04. The molecular weight excluding hydrogens is 304 g/mol. The van der Waals surface area contributed by atoms with Gasteiger partial charge < -0.3 is 9.80 Å². The van der Waals surface area contributed by atoms with Gasteiger partial charge in [-0.25, -0.2) is 4.98 Å². The van der Waals surface area contributed by atoms with Crippen LogP contribution in [-0.2, 0) is 0 Å². The molecular formula is C18H22N4O2. The molecule has 1 aliphatic rings. The third-order valence-corrected chi connectivity index (χ3v) is 4.74. The molecule has 0 radical (unpaired) electrons. The summed E-state index contributed by atoms with van der Waals surface area (Å²) >= 11 is 0. The highest BCUT2D eigenvalue weighted by atomic mass is 16.6. The van der Waals surface area contributed by atoms with Crippen molar-refractivity contribution in [3.8, 4) is 0 Å². The van der Waals surface area contributed by atoms with Crippen molar-refractivity contribution in [3.63, 3.8) is 0 Å². The van der Waals surface area contributed by atoms with Gasteiger partial charge in [0.2, 0.25) is 0 Å². The SMILES string of the molecule is Cc1cc([N+](=O)[O-])cnc1N1CCN(c2cccc(C)c2C)CC1. The zero-order valence-corrected chi connectivity index (χ0v) is 14.3. The molecule has 1 fully saturated rings. The van der Waals surface area contributed by atoms with Crippen LogP contribution in [0.5, 0.6) is 0 Å². The van der Waals surface area contributed by atoms with E-state index in [9.17, 15) is 10.1 Å². The lowest BCUT2D eigenvalue weighted by molar-refractivity contribution is -0.385. The van der Waals surface area contributed by atoms with Crippen LogP contribution >= 0.6 is 0 Å². The van der Waals surface area contributed by atoms with Gasteiger partial charge in [0.1, 0.15) is 12.0 Å². The monoisotopic (exact) mass is 326 g/mol. The number of rotatable bonds is 3. The smallest absolute Gasteiger partial charge is 0.287 e. The van der Waals surface area contributed by atoms with Crippen molar-refractivity contribution < 1.29 is 4.92 Å². The van der Waals surface area contributed by atoms with E-state index in [1.165, 1.54) is 23.0 Å². The summed E-state index contributed by atoms with van der Waals surface area (Å²) in [5, 5.41) is 10.8. The molecule has 0 bridgehead atoms. The molecule has 0 atom stereocenters. The maximum atomic E-state index is 10.8. The van der Waals surface area contributed by atoms with Crippen molar-refractivity contribution in [1.29, 1.82) is 0 Å². The Morgan fingerprint density at radius 1 is 1.04 bits per heavy atom. The largest absolute Gasteiger partial charge is 0.368 e. The van der Waals surface area contributed by atoms with Gasteiger partial charge in [-0.05, 0) is 43.5 Å². The maximum Gasteiger partial charge on any atom is 0.287 e. The van der Waals surface area contributed by atoms with Crippen LogP contribution in [0.4, 0.5) is 17.2 Å². The quantitative estimate of drug-likeness (QED) is 0.640. The minimum absolute atomic E-state index is 0.0465. The Labute approximate surface area is 141 Å². The number of anilines is 2. The maximum absolute atomic E-state index is 10.8.